The summed E-state index contributed by atoms with van der Waals surface area (Å²) in [4.78, 5) is 8.97. The number of para-hydroxylation sites is 1. The molecule has 7 nitrogen and oxygen atoms in total. The van der Waals surface area contributed by atoms with Crippen LogP contribution in [-0.2, 0) is 5.75 Å². The van der Waals surface area contributed by atoms with E-state index in [-0.39, 0.29) is 0 Å². The minimum absolute atomic E-state index is 0.426. The van der Waals surface area contributed by atoms with Crippen molar-refractivity contribution in [3.63, 3.8) is 0 Å². The lowest BCUT2D eigenvalue weighted by molar-refractivity contribution is 0.423. The third-order valence-electron chi connectivity index (χ3n) is 4.14. The second-order valence-corrected chi connectivity index (χ2v) is 6.62. The lowest BCUT2D eigenvalue weighted by atomic mass is 10.2. The Kier molecular flexibility index (Phi) is 3.82. The molecule has 23 heavy (non-hydrogen) atoms. The fourth-order valence-electron chi connectivity index (χ4n) is 3.00. The van der Waals surface area contributed by atoms with E-state index in [9.17, 15) is 0 Å². The normalized spacial score (nSPS) is 15.5. The highest BCUT2D eigenvalue weighted by atomic mass is 32.2. The van der Waals surface area contributed by atoms with E-state index >= 15 is 0 Å². The summed E-state index contributed by atoms with van der Waals surface area (Å²) in [6.45, 7) is 0. The zero-order valence-electron chi connectivity index (χ0n) is 12.6. The van der Waals surface area contributed by atoms with Crippen LogP contribution in [0.1, 0.15) is 37.5 Å². The molecule has 2 aromatic heterocycles. The van der Waals surface area contributed by atoms with Crippen LogP contribution >= 0.6 is 11.8 Å². The van der Waals surface area contributed by atoms with E-state index in [0.717, 1.165) is 28.9 Å². The van der Waals surface area contributed by atoms with Gasteiger partial charge in [0, 0.05) is 5.39 Å². The predicted molar refractivity (Wildman–Crippen MR) is 88.8 cm³/mol. The van der Waals surface area contributed by atoms with E-state index in [2.05, 4.69) is 25.5 Å². The molecule has 3 aromatic rings. The van der Waals surface area contributed by atoms with Crippen LogP contribution in [0.3, 0.4) is 0 Å². The monoisotopic (exact) mass is 327 g/mol. The number of anilines is 1. The molecule has 0 spiro atoms. The number of nitrogens with two attached hydrogens (primary N) is 1. The van der Waals surface area contributed by atoms with Crippen molar-refractivity contribution in [2.45, 2.75) is 42.6 Å². The average molecular weight is 327 g/mol. The summed E-state index contributed by atoms with van der Waals surface area (Å²) in [5.41, 5.74) is 6.90. The Morgan fingerprint density at radius 2 is 2.00 bits per heavy atom. The minimum atomic E-state index is 0.426. The number of tetrazole rings is 1. The highest BCUT2D eigenvalue weighted by Gasteiger charge is 2.21. The number of benzene rings is 1. The van der Waals surface area contributed by atoms with E-state index < -0.39 is 0 Å². The maximum atomic E-state index is 6.03. The molecule has 1 aliphatic carbocycles. The highest BCUT2D eigenvalue weighted by molar-refractivity contribution is 7.98. The zero-order chi connectivity index (χ0) is 15.6. The molecule has 0 unspecified atom stereocenters. The van der Waals surface area contributed by atoms with Gasteiger partial charge in [0.05, 0.1) is 17.3 Å². The lowest BCUT2D eigenvalue weighted by Gasteiger charge is -2.10. The molecule has 8 heteroatoms. The highest BCUT2D eigenvalue weighted by Crippen LogP contribution is 2.32. The Morgan fingerprint density at radius 1 is 1.17 bits per heavy atom. The Hall–Kier alpha value is -2.22. The molecule has 1 aliphatic rings. The molecule has 0 radical (unpaired) electrons. The molecule has 2 N–H and O–H groups in total. The van der Waals surface area contributed by atoms with Crippen molar-refractivity contribution in [3.05, 3.63) is 30.1 Å². The van der Waals surface area contributed by atoms with E-state index in [4.69, 9.17) is 5.73 Å². The third-order valence-corrected chi connectivity index (χ3v) is 5.07. The minimum Gasteiger partial charge on any atom is -0.383 e. The van der Waals surface area contributed by atoms with Crippen LogP contribution in [0.25, 0.3) is 10.9 Å². The number of hydrogen-bond donors (Lipinski definition) is 1. The summed E-state index contributed by atoms with van der Waals surface area (Å²) < 4.78 is 1.95. The van der Waals surface area contributed by atoms with Crippen molar-refractivity contribution in [2.24, 2.45) is 0 Å². The number of thioether (sulfide) groups is 1. The topological polar surface area (TPSA) is 95.4 Å². The Labute approximate surface area is 137 Å². The molecule has 1 saturated carbocycles. The third kappa shape index (κ3) is 2.86. The summed E-state index contributed by atoms with van der Waals surface area (Å²) in [6.07, 6.45) is 4.80. The number of nitrogen functional groups attached to an aromatic ring is 1. The van der Waals surface area contributed by atoms with Gasteiger partial charge < -0.3 is 5.73 Å². The van der Waals surface area contributed by atoms with Gasteiger partial charge in [0.2, 0.25) is 5.16 Å². The van der Waals surface area contributed by atoms with Crippen LogP contribution in [0, 0.1) is 0 Å². The first kappa shape index (κ1) is 14.4. The standard InChI is InChI=1S/C15H17N7S/c16-14-11-7-3-4-8-12(11)17-13(18-14)9-23-15-19-20-21-22(15)10-5-1-2-6-10/h3-4,7-8,10H,1-2,5-6,9H2,(H2,16,17,18). The summed E-state index contributed by atoms with van der Waals surface area (Å²) in [5.74, 6) is 1.82. The van der Waals surface area contributed by atoms with Crippen LogP contribution < -0.4 is 5.73 Å². The number of hydrogen-bond acceptors (Lipinski definition) is 7. The number of fused-ring (bicyclic) bond motifs is 1. The van der Waals surface area contributed by atoms with Gasteiger partial charge in [-0.1, -0.05) is 36.7 Å². The number of nitrogens with zero attached hydrogens (tertiary/aromatic N) is 6. The van der Waals surface area contributed by atoms with Gasteiger partial charge in [0.1, 0.15) is 11.6 Å². The first-order valence-electron chi connectivity index (χ1n) is 7.73. The van der Waals surface area contributed by atoms with Crippen molar-refractivity contribution in [1.29, 1.82) is 0 Å². The van der Waals surface area contributed by atoms with Gasteiger partial charge in [-0.3, -0.25) is 0 Å². The summed E-state index contributed by atoms with van der Waals surface area (Å²) in [6, 6.07) is 8.19. The van der Waals surface area contributed by atoms with Gasteiger partial charge in [-0.2, -0.15) is 0 Å². The van der Waals surface area contributed by atoms with E-state index in [1.807, 2.05) is 28.9 Å². The number of rotatable bonds is 4. The maximum absolute atomic E-state index is 6.03. The Morgan fingerprint density at radius 3 is 2.87 bits per heavy atom. The van der Waals surface area contributed by atoms with Crippen molar-refractivity contribution in [2.75, 3.05) is 5.73 Å². The summed E-state index contributed by atoms with van der Waals surface area (Å²) in [5, 5.41) is 13.8. The molecule has 1 aromatic carbocycles. The lowest BCUT2D eigenvalue weighted by Crippen LogP contribution is -2.08. The molecular weight excluding hydrogens is 310 g/mol. The fraction of sp³-hybridized carbons (Fsp3) is 0.400. The molecule has 4 rings (SSSR count). The molecule has 0 saturated heterocycles. The van der Waals surface area contributed by atoms with Crippen molar-refractivity contribution in [1.82, 2.24) is 30.2 Å². The average Bonchev–Trinajstić information content (AvgIpc) is 3.24. The molecule has 0 bridgehead atoms. The second-order valence-electron chi connectivity index (χ2n) is 5.68. The molecular formula is C15H17N7S. The number of aromatic nitrogens is 6. The van der Waals surface area contributed by atoms with Gasteiger partial charge in [-0.15, -0.1) is 5.10 Å². The van der Waals surface area contributed by atoms with Gasteiger partial charge >= 0.3 is 0 Å². The van der Waals surface area contributed by atoms with Crippen LogP contribution in [-0.4, -0.2) is 30.2 Å². The van der Waals surface area contributed by atoms with Gasteiger partial charge in [-0.05, 0) is 35.4 Å². The maximum Gasteiger partial charge on any atom is 0.210 e. The summed E-state index contributed by atoms with van der Waals surface area (Å²) in [7, 11) is 0. The van der Waals surface area contributed by atoms with E-state index in [0.29, 0.717) is 23.4 Å². The van der Waals surface area contributed by atoms with Crippen molar-refractivity contribution >= 4 is 28.5 Å². The van der Waals surface area contributed by atoms with Gasteiger partial charge in [0.25, 0.3) is 0 Å². The smallest absolute Gasteiger partial charge is 0.210 e. The fourth-order valence-corrected chi connectivity index (χ4v) is 3.80. The molecule has 1 fully saturated rings. The zero-order valence-corrected chi connectivity index (χ0v) is 13.4. The molecule has 0 atom stereocenters. The Bertz CT molecular complexity index is 826. The second kappa shape index (κ2) is 6.11. The predicted octanol–water partition coefficient (Wildman–Crippen LogP) is 2.61. The molecule has 118 valence electrons. The van der Waals surface area contributed by atoms with Gasteiger partial charge in [0.15, 0.2) is 0 Å². The SMILES string of the molecule is Nc1nc(CSc2nnnn2C2CCCC2)nc2ccccc12. The summed E-state index contributed by atoms with van der Waals surface area (Å²) >= 11 is 1.56. The van der Waals surface area contributed by atoms with Crippen molar-refractivity contribution in [3.8, 4) is 0 Å². The van der Waals surface area contributed by atoms with Crippen LogP contribution in [0.15, 0.2) is 29.4 Å². The van der Waals surface area contributed by atoms with Crippen LogP contribution in [0.4, 0.5) is 5.82 Å². The van der Waals surface area contributed by atoms with Crippen LogP contribution in [0.5, 0.6) is 0 Å². The van der Waals surface area contributed by atoms with E-state index in [1.165, 1.54) is 12.8 Å². The quantitative estimate of drug-likeness (QED) is 0.736. The van der Waals surface area contributed by atoms with E-state index in [1.54, 1.807) is 11.8 Å². The first-order chi connectivity index (χ1) is 11.3. The largest absolute Gasteiger partial charge is 0.383 e. The first-order valence-corrected chi connectivity index (χ1v) is 8.71. The van der Waals surface area contributed by atoms with Crippen molar-refractivity contribution < 1.29 is 0 Å². The van der Waals surface area contributed by atoms with Gasteiger partial charge in [-0.25, -0.2) is 14.6 Å². The Balaban J connectivity index is 1.54. The molecule has 2 heterocycles. The van der Waals surface area contributed by atoms with Crippen LogP contribution in [0.2, 0.25) is 0 Å². The molecule has 0 aliphatic heterocycles. The molecule has 0 amide bonds.